The molecule has 2 aromatic rings. The zero-order valence-corrected chi connectivity index (χ0v) is 14.2. The van der Waals surface area contributed by atoms with Gasteiger partial charge in [-0.25, -0.2) is 0 Å². The van der Waals surface area contributed by atoms with Gasteiger partial charge in [-0.05, 0) is 36.2 Å². The number of rotatable bonds is 8. The number of hydrogen-bond donors (Lipinski definition) is 2. The first-order chi connectivity index (χ1) is 11.8. The van der Waals surface area contributed by atoms with Gasteiger partial charge in [-0.1, -0.05) is 12.1 Å². The van der Waals surface area contributed by atoms with Crippen molar-refractivity contribution in [2.45, 2.75) is 13.2 Å². The SMILES string of the molecule is CN(CC(=O)Nc1sccc1C(N)=O)Cc1ccc(OC(F)F)cc1. The number of benzene rings is 1. The average Bonchev–Trinajstić information content (AvgIpc) is 2.96. The first-order valence-corrected chi connectivity index (χ1v) is 8.12. The van der Waals surface area contributed by atoms with Gasteiger partial charge in [-0.15, -0.1) is 11.3 Å². The second-order valence-corrected chi connectivity index (χ2v) is 6.19. The quantitative estimate of drug-likeness (QED) is 0.749. The highest BCUT2D eigenvalue weighted by molar-refractivity contribution is 7.14. The number of nitrogens with zero attached hydrogens (tertiary/aromatic N) is 1. The lowest BCUT2D eigenvalue weighted by Gasteiger charge is -2.16. The molecule has 0 radical (unpaired) electrons. The van der Waals surface area contributed by atoms with Crippen molar-refractivity contribution in [3.8, 4) is 5.75 Å². The minimum Gasteiger partial charge on any atom is -0.435 e. The Morgan fingerprint density at radius 1 is 1.28 bits per heavy atom. The molecule has 0 saturated carbocycles. The van der Waals surface area contributed by atoms with Crippen LogP contribution in [0.3, 0.4) is 0 Å². The Morgan fingerprint density at radius 3 is 2.56 bits per heavy atom. The molecule has 0 aliphatic rings. The van der Waals surface area contributed by atoms with E-state index in [0.717, 1.165) is 5.56 Å². The summed E-state index contributed by atoms with van der Waals surface area (Å²) in [6.07, 6.45) is 0. The van der Waals surface area contributed by atoms with Crippen molar-refractivity contribution in [3.63, 3.8) is 0 Å². The standard InChI is InChI=1S/C16H17F2N3O3S/c1-21(8-10-2-4-11(5-3-10)24-16(17)18)9-13(22)20-15-12(14(19)23)6-7-25-15/h2-7,16H,8-9H2,1H3,(H2,19,23)(H,20,22). The molecule has 1 heterocycles. The molecule has 1 aromatic carbocycles. The third-order valence-corrected chi connectivity index (χ3v) is 4.03. The normalized spacial score (nSPS) is 10.9. The second-order valence-electron chi connectivity index (χ2n) is 5.27. The number of halogens is 2. The fourth-order valence-corrected chi connectivity index (χ4v) is 2.96. The molecule has 0 bridgehead atoms. The Balaban J connectivity index is 1.86. The van der Waals surface area contributed by atoms with Crippen LogP contribution in [0, 0.1) is 0 Å². The van der Waals surface area contributed by atoms with Crippen molar-refractivity contribution >= 4 is 28.2 Å². The van der Waals surface area contributed by atoms with Crippen LogP contribution >= 0.6 is 11.3 Å². The number of likely N-dealkylation sites (N-methyl/N-ethyl adjacent to an activating group) is 1. The van der Waals surface area contributed by atoms with Crippen LogP contribution in [-0.2, 0) is 11.3 Å². The molecular formula is C16H17F2N3O3S. The molecule has 2 rings (SSSR count). The predicted octanol–water partition coefficient (Wildman–Crippen LogP) is 2.52. The van der Waals surface area contributed by atoms with Crippen LogP contribution in [-0.4, -0.2) is 36.9 Å². The van der Waals surface area contributed by atoms with Crippen LogP contribution < -0.4 is 15.8 Å². The lowest BCUT2D eigenvalue weighted by molar-refractivity contribution is -0.117. The lowest BCUT2D eigenvalue weighted by atomic mass is 10.2. The van der Waals surface area contributed by atoms with E-state index >= 15 is 0 Å². The zero-order valence-electron chi connectivity index (χ0n) is 13.4. The summed E-state index contributed by atoms with van der Waals surface area (Å²) in [5.41, 5.74) is 6.34. The second kappa shape index (κ2) is 8.54. The van der Waals surface area contributed by atoms with Crippen molar-refractivity contribution in [2.75, 3.05) is 18.9 Å². The maximum absolute atomic E-state index is 12.1. The van der Waals surface area contributed by atoms with E-state index in [0.29, 0.717) is 11.5 Å². The number of thiophene rings is 1. The Labute approximate surface area is 147 Å². The van der Waals surface area contributed by atoms with Crippen molar-refractivity contribution < 1.29 is 23.1 Å². The Hall–Kier alpha value is -2.52. The monoisotopic (exact) mass is 369 g/mol. The molecule has 134 valence electrons. The summed E-state index contributed by atoms with van der Waals surface area (Å²) >= 11 is 1.22. The van der Waals surface area contributed by atoms with Gasteiger partial charge in [0.1, 0.15) is 10.8 Å². The number of amides is 2. The van der Waals surface area contributed by atoms with Gasteiger partial charge in [0.25, 0.3) is 5.91 Å². The maximum Gasteiger partial charge on any atom is 0.387 e. The maximum atomic E-state index is 12.1. The highest BCUT2D eigenvalue weighted by Crippen LogP contribution is 2.22. The topological polar surface area (TPSA) is 84.7 Å². The first kappa shape index (κ1) is 18.8. The van der Waals surface area contributed by atoms with Crippen LogP contribution in [0.15, 0.2) is 35.7 Å². The fraction of sp³-hybridized carbons (Fsp3) is 0.250. The lowest BCUT2D eigenvalue weighted by Crippen LogP contribution is -2.30. The Kier molecular flexibility index (Phi) is 6.43. The largest absolute Gasteiger partial charge is 0.435 e. The molecule has 0 unspecified atom stereocenters. The summed E-state index contributed by atoms with van der Waals surface area (Å²) in [6.45, 7) is -2.33. The number of primary amides is 1. The smallest absolute Gasteiger partial charge is 0.387 e. The van der Waals surface area contributed by atoms with E-state index in [1.807, 2.05) is 0 Å². The van der Waals surface area contributed by atoms with Crippen LogP contribution in [0.2, 0.25) is 0 Å². The minimum absolute atomic E-state index is 0.0795. The van der Waals surface area contributed by atoms with E-state index in [1.165, 1.54) is 23.5 Å². The number of carbonyl (C=O) groups excluding carboxylic acids is 2. The number of carbonyl (C=O) groups is 2. The van der Waals surface area contributed by atoms with Crippen LogP contribution in [0.1, 0.15) is 15.9 Å². The van der Waals surface area contributed by atoms with Gasteiger partial charge in [0.15, 0.2) is 0 Å². The van der Waals surface area contributed by atoms with Gasteiger partial charge < -0.3 is 15.8 Å². The van der Waals surface area contributed by atoms with E-state index in [-0.39, 0.29) is 23.8 Å². The van der Waals surface area contributed by atoms with Crippen LogP contribution in [0.4, 0.5) is 13.8 Å². The summed E-state index contributed by atoms with van der Waals surface area (Å²) in [5, 5.41) is 4.74. The van der Waals surface area contributed by atoms with Gasteiger partial charge in [0, 0.05) is 6.54 Å². The summed E-state index contributed by atoms with van der Waals surface area (Å²) in [6, 6.07) is 7.74. The van der Waals surface area contributed by atoms with Gasteiger partial charge in [0.05, 0.1) is 12.1 Å². The highest BCUT2D eigenvalue weighted by atomic mass is 32.1. The third-order valence-electron chi connectivity index (χ3n) is 3.20. The highest BCUT2D eigenvalue weighted by Gasteiger charge is 2.14. The Bertz CT molecular complexity index is 734. The summed E-state index contributed by atoms with van der Waals surface area (Å²) in [7, 11) is 1.74. The van der Waals surface area contributed by atoms with E-state index in [9.17, 15) is 18.4 Å². The molecule has 3 N–H and O–H groups in total. The number of nitrogens with one attached hydrogen (secondary N) is 1. The molecule has 0 fully saturated rings. The van der Waals surface area contributed by atoms with Gasteiger partial charge in [0.2, 0.25) is 5.91 Å². The summed E-state index contributed by atoms with van der Waals surface area (Å²) in [4.78, 5) is 25.0. The molecule has 0 saturated heterocycles. The first-order valence-electron chi connectivity index (χ1n) is 7.24. The van der Waals surface area contributed by atoms with Crippen molar-refractivity contribution in [1.82, 2.24) is 4.90 Å². The number of anilines is 1. The molecule has 1 aromatic heterocycles. The zero-order chi connectivity index (χ0) is 18.4. The van der Waals surface area contributed by atoms with E-state index in [4.69, 9.17) is 5.73 Å². The third kappa shape index (κ3) is 5.80. The molecule has 2 amide bonds. The molecule has 6 nitrogen and oxygen atoms in total. The molecule has 0 aliphatic carbocycles. The average molecular weight is 369 g/mol. The number of hydrogen-bond acceptors (Lipinski definition) is 5. The molecular weight excluding hydrogens is 352 g/mol. The van der Waals surface area contributed by atoms with Gasteiger partial charge in [-0.2, -0.15) is 8.78 Å². The molecule has 25 heavy (non-hydrogen) atoms. The summed E-state index contributed by atoms with van der Waals surface area (Å²) < 4.78 is 28.5. The molecule has 9 heteroatoms. The molecule has 0 aliphatic heterocycles. The molecule has 0 spiro atoms. The van der Waals surface area contributed by atoms with E-state index in [1.54, 1.807) is 35.5 Å². The van der Waals surface area contributed by atoms with Crippen LogP contribution in [0.5, 0.6) is 5.75 Å². The number of nitrogens with two attached hydrogens (primary N) is 1. The molecule has 0 atom stereocenters. The van der Waals surface area contributed by atoms with Crippen LogP contribution in [0.25, 0.3) is 0 Å². The van der Waals surface area contributed by atoms with Crippen molar-refractivity contribution in [3.05, 3.63) is 46.8 Å². The van der Waals surface area contributed by atoms with Crippen molar-refractivity contribution in [2.24, 2.45) is 5.73 Å². The predicted molar refractivity (Wildman–Crippen MR) is 90.9 cm³/mol. The van der Waals surface area contributed by atoms with E-state index in [2.05, 4.69) is 10.1 Å². The van der Waals surface area contributed by atoms with Crippen molar-refractivity contribution in [1.29, 1.82) is 0 Å². The minimum atomic E-state index is -2.86. The van der Waals surface area contributed by atoms with E-state index < -0.39 is 12.5 Å². The number of alkyl halides is 2. The Morgan fingerprint density at radius 2 is 1.96 bits per heavy atom. The van der Waals surface area contributed by atoms with Gasteiger partial charge in [-0.3, -0.25) is 14.5 Å². The number of ether oxygens (including phenoxy) is 1. The summed E-state index contributed by atoms with van der Waals surface area (Å²) in [5.74, 6) is -0.808. The fourth-order valence-electron chi connectivity index (χ4n) is 2.16. The van der Waals surface area contributed by atoms with Gasteiger partial charge >= 0.3 is 6.61 Å².